The third-order valence-corrected chi connectivity index (χ3v) is 2.37. The first-order valence-corrected chi connectivity index (χ1v) is 4.48. The molecule has 0 aliphatic carbocycles. The maximum atomic E-state index is 10.00. The van der Waals surface area contributed by atoms with Gasteiger partial charge in [-0.15, -0.1) is 0 Å². The number of rotatable bonds is 2. The van der Waals surface area contributed by atoms with Crippen molar-refractivity contribution in [3.8, 4) is 0 Å². The highest BCUT2D eigenvalue weighted by atomic mass is 16.5. The summed E-state index contributed by atoms with van der Waals surface area (Å²) in [7, 11) is 0. The first kappa shape index (κ1) is 8.66. The summed E-state index contributed by atoms with van der Waals surface area (Å²) in [4.78, 5) is 3.93. The molecule has 2 rings (SSSR count). The van der Waals surface area contributed by atoms with E-state index in [2.05, 4.69) is 4.98 Å². The molecule has 0 radical (unpaired) electrons. The SMILES string of the molecule is OC1(Cc2ccncc2)CCOC1. The molecule has 2 heterocycles. The van der Waals surface area contributed by atoms with Gasteiger partial charge in [-0.3, -0.25) is 4.98 Å². The van der Waals surface area contributed by atoms with Crippen molar-refractivity contribution in [1.82, 2.24) is 4.98 Å². The van der Waals surface area contributed by atoms with Gasteiger partial charge < -0.3 is 9.84 Å². The lowest BCUT2D eigenvalue weighted by Crippen LogP contribution is -2.31. The summed E-state index contributed by atoms with van der Waals surface area (Å²) in [6.45, 7) is 1.12. The normalized spacial score (nSPS) is 27.8. The molecule has 0 saturated carbocycles. The average molecular weight is 179 g/mol. The predicted octanol–water partition coefficient (Wildman–Crippen LogP) is 0.775. The maximum Gasteiger partial charge on any atom is 0.0942 e. The fourth-order valence-electron chi connectivity index (χ4n) is 1.62. The molecule has 1 aliphatic heterocycles. The van der Waals surface area contributed by atoms with Gasteiger partial charge in [0.2, 0.25) is 0 Å². The van der Waals surface area contributed by atoms with Gasteiger partial charge >= 0.3 is 0 Å². The van der Waals surface area contributed by atoms with E-state index < -0.39 is 5.60 Å². The number of hydrogen-bond acceptors (Lipinski definition) is 3. The molecule has 1 N–H and O–H groups in total. The molecule has 1 saturated heterocycles. The van der Waals surface area contributed by atoms with E-state index in [-0.39, 0.29) is 0 Å². The average Bonchev–Trinajstić information content (AvgIpc) is 2.54. The number of aromatic nitrogens is 1. The van der Waals surface area contributed by atoms with E-state index in [0.29, 0.717) is 19.6 Å². The molecule has 13 heavy (non-hydrogen) atoms. The van der Waals surface area contributed by atoms with E-state index in [1.165, 1.54) is 0 Å². The predicted molar refractivity (Wildman–Crippen MR) is 48.3 cm³/mol. The molecule has 0 bridgehead atoms. The van der Waals surface area contributed by atoms with Crippen molar-refractivity contribution in [3.63, 3.8) is 0 Å². The summed E-state index contributed by atoms with van der Waals surface area (Å²) in [5, 5.41) is 10.00. The standard InChI is InChI=1S/C10H13NO2/c12-10(3-6-13-8-10)7-9-1-4-11-5-2-9/h1-2,4-5,12H,3,6-8H2. The zero-order valence-electron chi connectivity index (χ0n) is 7.44. The molecule has 70 valence electrons. The van der Waals surface area contributed by atoms with Crippen LogP contribution in [0.2, 0.25) is 0 Å². The minimum atomic E-state index is -0.651. The fraction of sp³-hybridized carbons (Fsp3) is 0.500. The Morgan fingerprint density at radius 1 is 1.46 bits per heavy atom. The number of hydrogen-bond donors (Lipinski definition) is 1. The van der Waals surface area contributed by atoms with E-state index in [1.54, 1.807) is 12.4 Å². The van der Waals surface area contributed by atoms with Crippen molar-refractivity contribution in [3.05, 3.63) is 30.1 Å². The molecule has 0 aromatic carbocycles. The number of nitrogens with zero attached hydrogens (tertiary/aromatic N) is 1. The van der Waals surface area contributed by atoms with E-state index >= 15 is 0 Å². The second kappa shape index (κ2) is 3.44. The second-order valence-corrected chi connectivity index (χ2v) is 3.56. The quantitative estimate of drug-likeness (QED) is 0.729. The number of aliphatic hydroxyl groups is 1. The van der Waals surface area contributed by atoms with Gasteiger partial charge in [0.1, 0.15) is 0 Å². The summed E-state index contributed by atoms with van der Waals surface area (Å²) in [6, 6.07) is 3.85. The van der Waals surface area contributed by atoms with Crippen molar-refractivity contribution in [2.45, 2.75) is 18.4 Å². The van der Waals surface area contributed by atoms with Gasteiger partial charge in [0.15, 0.2) is 0 Å². The molecule has 1 aliphatic rings. The van der Waals surface area contributed by atoms with Crippen LogP contribution in [-0.2, 0) is 11.2 Å². The Kier molecular flexibility index (Phi) is 2.29. The Hall–Kier alpha value is -0.930. The van der Waals surface area contributed by atoms with E-state index in [4.69, 9.17) is 4.74 Å². The minimum absolute atomic E-state index is 0.454. The Morgan fingerprint density at radius 3 is 2.85 bits per heavy atom. The molecule has 3 nitrogen and oxygen atoms in total. The zero-order valence-corrected chi connectivity index (χ0v) is 7.44. The van der Waals surface area contributed by atoms with Crippen molar-refractivity contribution >= 4 is 0 Å². The second-order valence-electron chi connectivity index (χ2n) is 3.56. The van der Waals surface area contributed by atoms with E-state index in [9.17, 15) is 5.11 Å². The van der Waals surface area contributed by atoms with Crippen molar-refractivity contribution in [2.24, 2.45) is 0 Å². The van der Waals surface area contributed by atoms with Crippen LogP contribution in [0.25, 0.3) is 0 Å². The van der Waals surface area contributed by atoms with Crippen molar-refractivity contribution in [2.75, 3.05) is 13.2 Å². The highest BCUT2D eigenvalue weighted by Gasteiger charge is 2.32. The molecule has 1 aromatic rings. The molecule has 1 aromatic heterocycles. The van der Waals surface area contributed by atoms with Gasteiger partial charge in [-0.05, 0) is 17.7 Å². The topological polar surface area (TPSA) is 42.4 Å². The fourth-order valence-corrected chi connectivity index (χ4v) is 1.62. The Morgan fingerprint density at radius 2 is 2.23 bits per heavy atom. The minimum Gasteiger partial charge on any atom is -0.387 e. The van der Waals surface area contributed by atoms with Crippen LogP contribution < -0.4 is 0 Å². The van der Waals surface area contributed by atoms with Gasteiger partial charge in [-0.25, -0.2) is 0 Å². The number of pyridine rings is 1. The summed E-state index contributed by atoms with van der Waals surface area (Å²) >= 11 is 0. The lowest BCUT2D eigenvalue weighted by Gasteiger charge is -2.19. The maximum absolute atomic E-state index is 10.00. The van der Waals surface area contributed by atoms with Gasteiger partial charge in [0, 0.05) is 31.8 Å². The first-order valence-electron chi connectivity index (χ1n) is 4.48. The molecular formula is C10H13NO2. The van der Waals surface area contributed by atoms with E-state index in [1.807, 2.05) is 12.1 Å². The molecular weight excluding hydrogens is 166 g/mol. The van der Waals surface area contributed by atoms with Gasteiger partial charge in [0.25, 0.3) is 0 Å². The first-order chi connectivity index (χ1) is 6.29. The van der Waals surface area contributed by atoms with Gasteiger partial charge in [0.05, 0.1) is 12.2 Å². The van der Waals surface area contributed by atoms with Gasteiger partial charge in [-0.1, -0.05) is 0 Å². The summed E-state index contributed by atoms with van der Waals surface area (Å²) in [5.74, 6) is 0. The van der Waals surface area contributed by atoms with Crippen molar-refractivity contribution in [1.29, 1.82) is 0 Å². The van der Waals surface area contributed by atoms with Crippen LogP contribution in [0.3, 0.4) is 0 Å². The Labute approximate surface area is 77.4 Å². The van der Waals surface area contributed by atoms with E-state index in [0.717, 1.165) is 12.0 Å². The molecule has 1 fully saturated rings. The molecule has 0 amide bonds. The molecule has 1 atom stereocenters. The highest BCUT2D eigenvalue weighted by molar-refractivity contribution is 5.13. The molecule has 0 spiro atoms. The molecule has 3 heteroatoms. The Bertz CT molecular complexity index is 268. The van der Waals surface area contributed by atoms with Crippen LogP contribution in [0, 0.1) is 0 Å². The monoisotopic (exact) mass is 179 g/mol. The highest BCUT2D eigenvalue weighted by Crippen LogP contribution is 2.22. The Balaban J connectivity index is 2.05. The molecule has 1 unspecified atom stereocenters. The summed E-state index contributed by atoms with van der Waals surface area (Å²) in [5.41, 5.74) is 0.462. The lowest BCUT2D eigenvalue weighted by molar-refractivity contribution is 0.0270. The summed E-state index contributed by atoms with van der Waals surface area (Å²) in [6.07, 6.45) is 4.88. The van der Waals surface area contributed by atoms with Crippen LogP contribution in [0.5, 0.6) is 0 Å². The largest absolute Gasteiger partial charge is 0.387 e. The van der Waals surface area contributed by atoms with Crippen LogP contribution in [0.4, 0.5) is 0 Å². The summed E-state index contributed by atoms with van der Waals surface area (Å²) < 4.78 is 5.17. The third kappa shape index (κ3) is 2.05. The van der Waals surface area contributed by atoms with Crippen LogP contribution >= 0.6 is 0 Å². The van der Waals surface area contributed by atoms with Gasteiger partial charge in [-0.2, -0.15) is 0 Å². The van der Waals surface area contributed by atoms with Crippen LogP contribution in [0.15, 0.2) is 24.5 Å². The lowest BCUT2D eigenvalue weighted by atomic mass is 9.95. The third-order valence-electron chi connectivity index (χ3n) is 2.37. The number of ether oxygens (including phenoxy) is 1. The van der Waals surface area contributed by atoms with Crippen LogP contribution in [-0.4, -0.2) is 28.9 Å². The smallest absolute Gasteiger partial charge is 0.0942 e. The van der Waals surface area contributed by atoms with Crippen LogP contribution in [0.1, 0.15) is 12.0 Å². The zero-order chi connectivity index (χ0) is 9.15. The van der Waals surface area contributed by atoms with Crippen molar-refractivity contribution < 1.29 is 9.84 Å².